The molecule has 0 radical (unpaired) electrons. The van der Waals surface area contributed by atoms with Crippen LogP contribution in [0.4, 0.5) is 11.4 Å². The summed E-state index contributed by atoms with van der Waals surface area (Å²) < 4.78 is 0. The first kappa shape index (κ1) is 15.3. The van der Waals surface area contributed by atoms with E-state index >= 15 is 0 Å². The minimum Gasteiger partial charge on any atom is -0.312 e. The molecule has 23 heavy (non-hydrogen) atoms. The van der Waals surface area contributed by atoms with Crippen molar-refractivity contribution in [3.8, 4) is 0 Å². The predicted molar refractivity (Wildman–Crippen MR) is 91.7 cm³/mol. The van der Waals surface area contributed by atoms with Crippen molar-refractivity contribution in [2.45, 2.75) is 19.8 Å². The molecular formula is C19H20N2O2. The average molecular weight is 308 g/mol. The number of carbonyl (C=O) groups is 2. The van der Waals surface area contributed by atoms with Crippen molar-refractivity contribution < 1.29 is 9.59 Å². The van der Waals surface area contributed by atoms with Crippen LogP contribution in [0.2, 0.25) is 0 Å². The molecular weight excluding hydrogens is 288 g/mol. The maximum absolute atomic E-state index is 12.6. The van der Waals surface area contributed by atoms with E-state index in [2.05, 4.69) is 12.1 Å². The Balaban J connectivity index is 1.76. The first-order valence-electron chi connectivity index (χ1n) is 7.78. The second kappa shape index (κ2) is 6.24. The van der Waals surface area contributed by atoms with Gasteiger partial charge < -0.3 is 9.80 Å². The summed E-state index contributed by atoms with van der Waals surface area (Å²) in [6.45, 7) is 2.15. The van der Waals surface area contributed by atoms with Crippen LogP contribution in [0, 0.1) is 6.92 Å². The fourth-order valence-corrected chi connectivity index (χ4v) is 2.80. The van der Waals surface area contributed by atoms with E-state index in [9.17, 15) is 9.59 Å². The third-order valence-corrected chi connectivity index (χ3v) is 4.25. The van der Waals surface area contributed by atoms with Crippen LogP contribution >= 0.6 is 0 Å². The fraction of sp³-hybridized carbons (Fsp3) is 0.263. The summed E-state index contributed by atoms with van der Waals surface area (Å²) in [4.78, 5) is 27.9. The summed E-state index contributed by atoms with van der Waals surface area (Å²) >= 11 is 0. The molecule has 1 aliphatic heterocycles. The molecule has 0 aromatic heterocycles. The molecule has 1 heterocycles. The molecule has 2 aromatic rings. The van der Waals surface area contributed by atoms with Crippen molar-refractivity contribution in [2.75, 3.05) is 23.4 Å². The van der Waals surface area contributed by atoms with E-state index in [0.717, 1.165) is 16.9 Å². The van der Waals surface area contributed by atoms with Gasteiger partial charge in [0, 0.05) is 13.5 Å². The quantitative estimate of drug-likeness (QED) is 0.874. The minimum atomic E-state index is -0.0626. The number of fused-ring (bicyclic) bond motifs is 1. The van der Waals surface area contributed by atoms with Gasteiger partial charge in [-0.2, -0.15) is 0 Å². The first-order valence-corrected chi connectivity index (χ1v) is 7.78. The van der Waals surface area contributed by atoms with Crippen molar-refractivity contribution >= 4 is 23.2 Å². The number of hydrogen-bond donors (Lipinski definition) is 0. The van der Waals surface area contributed by atoms with Crippen LogP contribution < -0.4 is 9.80 Å². The summed E-state index contributed by atoms with van der Waals surface area (Å²) in [6.07, 6.45) is 1.08. The number of para-hydroxylation sites is 2. The number of aryl methyl sites for hydroxylation is 2. The molecule has 2 amide bonds. The van der Waals surface area contributed by atoms with E-state index in [1.54, 1.807) is 16.8 Å². The van der Waals surface area contributed by atoms with Gasteiger partial charge in [-0.15, -0.1) is 0 Å². The second-order valence-electron chi connectivity index (χ2n) is 5.91. The van der Waals surface area contributed by atoms with Crippen LogP contribution in [-0.4, -0.2) is 25.4 Å². The van der Waals surface area contributed by atoms with Crippen molar-refractivity contribution in [3.05, 3.63) is 59.7 Å². The molecule has 0 N–H and O–H groups in total. The number of anilines is 2. The van der Waals surface area contributed by atoms with Crippen LogP contribution in [0.3, 0.4) is 0 Å². The van der Waals surface area contributed by atoms with Crippen LogP contribution in [0.5, 0.6) is 0 Å². The summed E-state index contributed by atoms with van der Waals surface area (Å²) in [5.74, 6) is -0.0770. The van der Waals surface area contributed by atoms with E-state index in [4.69, 9.17) is 0 Å². The Kier molecular flexibility index (Phi) is 4.15. The number of likely N-dealkylation sites (N-methyl/N-ethyl adjacent to an activating group) is 1. The Morgan fingerprint density at radius 1 is 1.04 bits per heavy atom. The molecule has 1 aliphatic rings. The molecule has 0 spiro atoms. The Morgan fingerprint density at radius 3 is 2.39 bits per heavy atom. The molecule has 0 saturated heterocycles. The Morgan fingerprint density at radius 2 is 1.70 bits per heavy atom. The molecule has 0 saturated carbocycles. The maximum Gasteiger partial charge on any atom is 0.246 e. The van der Waals surface area contributed by atoms with Crippen molar-refractivity contribution in [2.24, 2.45) is 0 Å². The van der Waals surface area contributed by atoms with Gasteiger partial charge >= 0.3 is 0 Å². The summed E-state index contributed by atoms with van der Waals surface area (Å²) in [5, 5.41) is 0. The smallest absolute Gasteiger partial charge is 0.246 e. The molecule has 4 nitrogen and oxygen atoms in total. The highest BCUT2D eigenvalue weighted by atomic mass is 16.2. The Bertz CT molecular complexity index is 737. The van der Waals surface area contributed by atoms with Crippen molar-refractivity contribution in [1.82, 2.24) is 0 Å². The predicted octanol–water partition coefficient (Wildman–Crippen LogP) is 2.94. The lowest BCUT2D eigenvalue weighted by atomic mass is 10.1. The molecule has 0 fully saturated rings. The van der Waals surface area contributed by atoms with Gasteiger partial charge in [-0.1, -0.05) is 42.0 Å². The Hall–Kier alpha value is -2.62. The maximum atomic E-state index is 12.6. The first-order chi connectivity index (χ1) is 11.1. The molecule has 0 unspecified atom stereocenters. The topological polar surface area (TPSA) is 40.6 Å². The zero-order valence-corrected chi connectivity index (χ0v) is 13.5. The highest BCUT2D eigenvalue weighted by Gasteiger charge is 2.29. The molecule has 3 rings (SSSR count). The van der Waals surface area contributed by atoms with Crippen molar-refractivity contribution in [3.63, 3.8) is 0 Å². The molecule has 0 bridgehead atoms. The van der Waals surface area contributed by atoms with Gasteiger partial charge in [0.25, 0.3) is 0 Å². The summed E-state index contributed by atoms with van der Waals surface area (Å²) in [6, 6.07) is 15.7. The van der Waals surface area contributed by atoms with Crippen LogP contribution in [0.15, 0.2) is 48.5 Å². The average Bonchev–Trinajstić information content (AvgIpc) is 2.57. The van der Waals surface area contributed by atoms with Gasteiger partial charge in [-0.25, -0.2) is 0 Å². The fourth-order valence-electron chi connectivity index (χ4n) is 2.80. The third kappa shape index (κ3) is 3.11. The van der Waals surface area contributed by atoms with Gasteiger partial charge in [0.05, 0.1) is 11.4 Å². The molecule has 4 heteroatoms. The number of carbonyl (C=O) groups excluding carboxylic acids is 2. The van der Waals surface area contributed by atoms with E-state index in [-0.39, 0.29) is 18.4 Å². The lowest BCUT2D eigenvalue weighted by Crippen LogP contribution is -2.46. The zero-order chi connectivity index (χ0) is 16.4. The molecule has 118 valence electrons. The van der Waals surface area contributed by atoms with E-state index in [1.807, 2.05) is 43.3 Å². The normalized spacial score (nSPS) is 13.9. The number of amides is 2. The molecule has 0 atom stereocenters. The lowest BCUT2D eigenvalue weighted by molar-refractivity contribution is -0.122. The third-order valence-electron chi connectivity index (χ3n) is 4.25. The second-order valence-corrected chi connectivity index (χ2v) is 5.91. The van der Waals surface area contributed by atoms with E-state index < -0.39 is 0 Å². The van der Waals surface area contributed by atoms with Gasteiger partial charge in [0.15, 0.2) is 0 Å². The van der Waals surface area contributed by atoms with E-state index in [0.29, 0.717) is 12.8 Å². The lowest BCUT2D eigenvalue weighted by Gasteiger charge is -2.34. The highest BCUT2D eigenvalue weighted by Crippen LogP contribution is 2.32. The van der Waals surface area contributed by atoms with E-state index in [1.165, 1.54) is 5.56 Å². The monoisotopic (exact) mass is 308 g/mol. The largest absolute Gasteiger partial charge is 0.312 e. The van der Waals surface area contributed by atoms with Gasteiger partial charge in [0.2, 0.25) is 11.8 Å². The summed E-state index contributed by atoms with van der Waals surface area (Å²) in [7, 11) is 1.75. The minimum absolute atomic E-state index is 0.0144. The number of nitrogens with zero attached hydrogens (tertiary/aromatic N) is 2. The number of benzene rings is 2. The standard InChI is InChI=1S/C19H20N2O2/c1-14-7-9-15(10-8-14)11-12-18(22)21-13-19(23)20(2)16-5-3-4-6-17(16)21/h3-10H,11-13H2,1-2H3. The van der Waals surface area contributed by atoms with Gasteiger partial charge in [0.1, 0.15) is 6.54 Å². The summed E-state index contributed by atoms with van der Waals surface area (Å²) in [5.41, 5.74) is 3.94. The highest BCUT2D eigenvalue weighted by molar-refractivity contribution is 6.10. The van der Waals surface area contributed by atoms with Crippen LogP contribution in [0.25, 0.3) is 0 Å². The number of rotatable bonds is 3. The van der Waals surface area contributed by atoms with Crippen LogP contribution in [-0.2, 0) is 16.0 Å². The van der Waals surface area contributed by atoms with Crippen molar-refractivity contribution in [1.29, 1.82) is 0 Å². The SMILES string of the molecule is Cc1ccc(CCC(=O)N2CC(=O)N(C)c3ccccc32)cc1. The zero-order valence-electron chi connectivity index (χ0n) is 13.5. The molecule has 0 aliphatic carbocycles. The van der Waals surface area contributed by atoms with Gasteiger partial charge in [-0.3, -0.25) is 9.59 Å². The number of hydrogen-bond acceptors (Lipinski definition) is 2. The molecule has 2 aromatic carbocycles. The Labute approximate surface area is 136 Å². The van der Waals surface area contributed by atoms with Crippen LogP contribution in [0.1, 0.15) is 17.5 Å². The van der Waals surface area contributed by atoms with Gasteiger partial charge in [-0.05, 0) is 31.0 Å².